The zero-order chi connectivity index (χ0) is 8.10. The highest BCUT2D eigenvalue weighted by Gasteiger charge is 1.98. The smallest absolute Gasteiger partial charge is 0.133 e. The van der Waals surface area contributed by atoms with Crippen LogP contribution in [0.15, 0.2) is 35.5 Å². The van der Waals surface area contributed by atoms with Crippen molar-refractivity contribution in [2.75, 3.05) is 5.75 Å². The number of nitrogens with zero attached hydrogens (tertiary/aromatic N) is 1. The van der Waals surface area contributed by atoms with Crippen LogP contribution >= 0.6 is 11.8 Å². The number of thioether (sulfide) groups is 1. The van der Waals surface area contributed by atoms with Gasteiger partial charge in [-0.15, -0.1) is 0 Å². The first-order valence-corrected chi connectivity index (χ1v) is 4.38. The maximum atomic E-state index is 8.31. The summed E-state index contributed by atoms with van der Waals surface area (Å²) in [6, 6.07) is 0. The highest BCUT2D eigenvalue weighted by Crippen LogP contribution is 2.16. The summed E-state index contributed by atoms with van der Waals surface area (Å²) in [6.45, 7) is 2.06. The molecule has 0 aromatic heterocycles. The average molecular weight is 163 g/mol. The van der Waals surface area contributed by atoms with Crippen LogP contribution < -0.4 is 0 Å². The minimum atomic E-state index is 0.806. The van der Waals surface area contributed by atoms with Crippen molar-refractivity contribution in [1.82, 2.24) is 0 Å². The van der Waals surface area contributed by atoms with E-state index in [-0.39, 0.29) is 0 Å². The Bertz CT molecular complexity index is 252. The third-order valence-corrected chi connectivity index (χ3v) is 2.22. The molecule has 1 rings (SSSR count). The molecule has 0 heterocycles. The molecule has 0 unspecified atom stereocenters. The van der Waals surface area contributed by atoms with Gasteiger partial charge in [-0.3, -0.25) is 0 Å². The van der Waals surface area contributed by atoms with Crippen molar-refractivity contribution in [3.8, 4) is 5.40 Å². The molecular formula is C9H9NS. The summed E-state index contributed by atoms with van der Waals surface area (Å²) in [5.74, 6) is 0.806. The summed E-state index contributed by atoms with van der Waals surface area (Å²) in [6.07, 6.45) is 8.15. The van der Waals surface area contributed by atoms with Gasteiger partial charge < -0.3 is 0 Å². The van der Waals surface area contributed by atoms with E-state index in [1.165, 1.54) is 22.9 Å². The summed E-state index contributed by atoms with van der Waals surface area (Å²) in [5.41, 5.74) is 2.51. The molecule has 0 spiro atoms. The second kappa shape index (κ2) is 4.05. The van der Waals surface area contributed by atoms with E-state index in [1.54, 1.807) is 0 Å². The van der Waals surface area contributed by atoms with E-state index in [0.717, 1.165) is 5.75 Å². The monoisotopic (exact) mass is 163 g/mol. The highest BCUT2D eigenvalue weighted by atomic mass is 32.2. The fraction of sp³-hybridized carbons (Fsp3) is 0.222. The molecule has 0 saturated carbocycles. The summed E-state index contributed by atoms with van der Waals surface area (Å²) in [5, 5.41) is 10.4. The van der Waals surface area contributed by atoms with Crippen molar-refractivity contribution in [2.24, 2.45) is 0 Å². The molecule has 1 aliphatic carbocycles. The van der Waals surface area contributed by atoms with Crippen molar-refractivity contribution in [2.45, 2.75) is 6.92 Å². The molecule has 1 nitrogen and oxygen atoms in total. The van der Waals surface area contributed by atoms with Gasteiger partial charge in [0.2, 0.25) is 0 Å². The lowest BCUT2D eigenvalue weighted by molar-refractivity contribution is 1.37. The Morgan fingerprint density at radius 2 is 2.18 bits per heavy atom. The Hall–Kier alpha value is -0.940. The fourth-order valence-electron chi connectivity index (χ4n) is 0.882. The zero-order valence-corrected chi connectivity index (χ0v) is 7.19. The van der Waals surface area contributed by atoms with E-state index in [2.05, 4.69) is 24.5 Å². The molecule has 56 valence electrons. The van der Waals surface area contributed by atoms with Gasteiger partial charge in [0.1, 0.15) is 5.40 Å². The molecule has 0 aromatic carbocycles. The summed E-state index contributed by atoms with van der Waals surface area (Å²) in [7, 11) is 0. The van der Waals surface area contributed by atoms with Crippen molar-refractivity contribution in [3.05, 3.63) is 35.5 Å². The quantitative estimate of drug-likeness (QED) is 0.584. The maximum Gasteiger partial charge on any atom is 0.133 e. The van der Waals surface area contributed by atoms with E-state index in [0.29, 0.717) is 0 Å². The number of hydrogen-bond acceptors (Lipinski definition) is 2. The molecule has 0 N–H and O–H groups in total. The molecule has 0 bridgehead atoms. The Morgan fingerprint density at radius 1 is 1.55 bits per heavy atom. The van der Waals surface area contributed by atoms with Crippen LogP contribution in [0.2, 0.25) is 0 Å². The van der Waals surface area contributed by atoms with Crippen LogP contribution in [0.4, 0.5) is 0 Å². The second-order valence-electron chi connectivity index (χ2n) is 2.33. The topological polar surface area (TPSA) is 23.8 Å². The first kappa shape index (κ1) is 8.16. The molecule has 1 aliphatic rings. The van der Waals surface area contributed by atoms with Crippen molar-refractivity contribution in [3.63, 3.8) is 0 Å². The Kier molecular flexibility index (Phi) is 3.00. The summed E-state index contributed by atoms with van der Waals surface area (Å²) < 4.78 is 0. The zero-order valence-electron chi connectivity index (χ0n) is 6.37. The largest absolute Gasteiger partial charge is 0.185 e. The van der Waals surface area contributed by atoms with Gasteiger partial charge in [0.05, 0.1) is 0 Å². The third kappa shape index (κ3) is 2.28. The molecule has 0 radical (unpaired) electrons. The Labute approximate surface area is 71.1 Å². The fourth-order valence-corrected chi connectivity index (χ4v) is 1.33. The normalized spacial score (nSPS) is 13.6. The van der Waals surface area contributed by atoms with Crippen LogP contribution in [-0.2, 0) is 0 Å². The van der Waals surface area contributed by atoms with Crippen molar-refractivity contribution in [1.29, 1.82) is 5.26 Å². The predicted octanol–water partition coefficient (Wildman–Crippen LogP) is 2.64. The Morgan fingerprint density at radius 3 is 2.73 bits per heavy atom. The van der Waals surface area contributed by atoms with Crippen LogP contribution in [0.1, 0.15) is 6.92 Å². The maximum absolute atomic E-state index is 8.31. The molecular weight excluding hydrogens is 154 g/mol. The first-order chi connectivity index (χ1) is 5.34. The lowest BCUT2D eigenvalue weighted by Gasteiger charge is -1.97. The van der Waals surface area contributed by atoms with Crippen LogP contribution in [0.5, 0.6) is 0 Å². The average Bonchev–Trinajstić information content (AvgIpc) is 2.52. The van der Waals surface area contributed by atoms with E-state index in [4.69, 9.17) is 5.26 Å². The minimum Gasteiger partial charge on any atom is -0.185 e. The molecule has 2 heteroatoms. The number of hydrogen-bond donors (Lipinski definition) is 0. The van der Waals surface area contributed by atoms with Gasteiger partial charge in [0.25, 0.3) is 0 Å². The van der Waals surface area contributed by atoms with E-state index >= 15 is 0 Å². The van der Waals surface area contributed by atoms with Gasteiger partial charge >= 0.3 is 0 Å². The van der Waals surface area contributed by atoms with Crippen molar-refractivity contribution >= 4 is 11.8 Å². The standard InChI is InChI=1S/C9H9NS/c1-8(6-11-7-10)9-4-2-3-5-9/h2-5H,6H2,1H3. The third-order valence-electron chi connectivity index (χ3n) is 1.51. The molecule has 0 aromatic rings. The SMILES string of the molecule is CC(CSC#N)=C1C=CC=C1. The van der Waals surface area contributed by atoms with Crippen LogP contribution in [-0.4, -0.2) is 5.75 Å². The van der Waals surface area contributed by atoms with E-state index in [9.17, 15) is 0 Å². The lowest BCUT2D eigenvalue weighted by Crippen LogP contribution is -1.83. The van der Waals surface area contributed by atoms with Crippen LogP contribution in [0.3, 0.4) is 0 Å². The van der Waals surface area contributed by atoms with Gasteiger partial charge in [-0.1, -0.05) is 29.9 Å². The van der Waals surface area contributed by atoms with Gasteiger partial charge in [-0.2, -0.15) is 5.26 Å². The molecule has 0 aliphatic heterocycles. The van der Waals surface area contributed by atoms with Crippen LogP contribution in [0.25, 0.3) is 0 Å². The molecule has 11 heavy (non-hydrogen) atoms. The summed E-state index contributed by atoms with van der Waals surface area (Å²) in [4.78, 5) is 0. The predicted molar refractivity (Wildman–Crippen MR) is 49.1 cm³/mol. The van der Waals surface area contributed by atoms with E-state index in [1.807, 2.05) is 12.2 Å². The molecule has 0 atom stereocenters. The number of thiocyanates is 1. The first-order valence-electron chi connectivity index (χ1n) is 3.40. The number of rotatable bonds is 2. The summed E-state index contributed by atoms with van der Waals surface area (Å²) >= 11 is 1.28. The van der Waals surface area contributed by atoms with Gasteiger partial charge in [0.15, 0.2) is 0 Å². The Balaban J connectivity index is 2.58. The van der Waals surface area contributed by atoms with Gasteiger partial charge in [0, 0.05) is 5.75 Å². The van der Waals surface area contributed by atoms with Crippen LogP contribution in [0, 0.1) is 10.7 Å². The molecule has 0 amide bonds. The second-order valence-corrected chi connectivity index (χ2v) is 3.09. The highest BCUT2D eigenvalue weighted by molar-refractivity contribution is 8.03. The number of allylic oxidation sites excluding steroid dienone is 5. The van der Waals surface area contributed by atoms with E-state index < -0.39 is 0 Å². The van der Waals surface area contributed by atoms with Gasteiger partial charge in [-0.25, -0.2) is 0 Å². The van der Waals surface area contributed by atoms with Crippen molar-refractivity contribution < 1.29 is 0 Å². The van der Waals surface area contributed by atoms with Gasteiger partial charge in [-0.05, 0) is 24.3 Å². The lowest BCUT2D eigenvalue weighted by atomic mass is 10.2. The minimum absolute atomic E-state index is 0.806. The number of nitriles is 1. The molecule has 0 fully saturated rings. The molecule has 0 saturated heterocycles.